The Bertz CT molecular complexity index is 1280. The number of carbonyl (C=O) groups excluding carboxylic acids is 3. The van der Waals surface area contributed by atoms with E-state index in [0.29, 0.717) is 12.1 Å². The topological polar surface area (TPSA) is 195 Å². The van der Waals surface area contributed by atoms with Crippen molar-refractivity contribution in [2.24, 2.45) is 11.7 Å². The predicted molar refractivity (Wildman–Crippen MR) is 149 cm³/mol. The molecule has 39 heavy (non-hydrogen) atoms. The van der Waals surface area contributed by atoms with Crippen LogP contribution in [0.2, 0.25) is 0 Å². The molecule has 210 valence electrons. The van der Waals surface area contributed by atoms with Gasteiger partial charge in [-0.15, -0.1) is 0 Å². The molecule has 0 aliphatic carbocycles. The minimum Gasteiger partial charge on any atom is -0.480 e. The zero-order chi connectivity index (χ0) is 28.5. The molecule has 0 radical (unpaired) electrons. The van der Waals surface area contributed by atoms with Gasteiger partial charge in [0.05, 0.1) is 12.4 Å². The van der Waals surface area contributed by atoms with Gasteiger partial charge in [0.2, 0.25) is 17.7 Å². The number of nitrogens with two attached hydrogens (primary N) is 1. The van der Waals surface area contributed by atoms with E-state index < -0.39 is 47.9 Å². The molecule has 0 aliphatic heterocycles. The van der Waals surface area contributed by atoms with Crippen LogP contribution < -0.4 is 21.7 Å². The predicted octanol–water partition coefficient (Wildman–Crippen LogP) is 0.518. The first-order valence-corrected chi connectivity index (χ1v) is 13.3. The molecule has 5 unspecified atom stereocenters. The van der Waals surface area contributed by atoms with Gasteiger partial charge in [0.15, 0.2) is 0 Å². The number of imidazole rings is 1. The van der Waals surface area contributed by atoms with Crippen LogP contribution in [0.15, 0.2) is 43.0 Å². The summed E-state index contributed by atoms with van der Waals surface area (Å²) in [5, 5.41) is 18.6. The third-order valence-corrected chi connectivity index (χ3v) is 7.05. The van der Waals surface area contributed by atoms with Crippen LogP contribution in [-0.2, 0) is 32.0 Å². The number of aliphatic carboxylic acids is 1. The van der Waals surface area contributed by atoms with Crippen LogP contribution in [0.1, 0.15) is 31.5 Å². The number of amides is 3. The fourth-order valence-electron chi connectivity index (χ4n) is 4.12. The van der Waals surface area contributed by atoms with Gasteiger partial charge in [0, 0.05) is 47.6 Å². The van der Waals surface area contributed by atoms with E-state index in [1.165, 1.54) is 12.5 Å². The van der Waals surface area contributed by atoms with Crippen LogP contribution in [-0.4, -0.2) is 73.7 Å². The maximum atomic E-state index is 13.5. The molecule has 13 heteroatoms. The smallest absolute Gasteiger partial charge is 0.326 e. The Balaban J connectivity index is 1.87. The zero-order valence-corrected chi connectivity index (χ0v) is 22.7. The van der Waals surface area contributed by atoms with Crippen molar-refractivity contribution in [1.82, 2.24) is 30.9 Å². The van der Waals surface area contributed by atoms with Crippen molar-refractivity contribution in [3.63, 3.8) is 0 Å². The maximum absolute atomic E-state index is 13.5. The third kappa shape index (κ3) is 7.83. The summed E-state index contributed by atoms with van der Waals surface area (Å²) in [6, 6.07) is 3.23. The molecular weight excluding hydrogens is 522 g/mol. The highest BCUT2D eigenvalue weighted by atomic mass is 32.1. The number of hydrogen-bond donors (Lipinski definition) is 8. The molecule has 0 saturated heterocycles. The van der Waals surface area contributed by atoms with Crippen molar-refractivity contribution in [3.05, 3.63) is 54.2 Å². The van der Waals surface area contributed by atoms with Crippen LogP contribution in [0.4, 0.5) is 0 Å². The molecule has 0 aliphatic rings. The van der Waals surface area contributed by atoms with Crippen LogP contribution in [0, 0.1) is 5.92 Å². The average molecular weight is 558 g/mol. The average Bonchev–Trinajstić information content (AvgIpc) is 3.59. The summed E-state index contributed by atoms with van der Waals surface area (Å²) in [4.78, 5) is 61.2. The number of aromatic nitrogens is 3. The van der Waals surface area contributed by atoms with Gasteiger partial charge >= 0.3 is 5.97 Å². The van der Waals surface area contributed by atoms with Crippen molar-refractivity contribution in [1.29, 1.82) is 0 Å². The van der Waals surface area contributed by atoms with Crippen molar-refractivity contribution in [3.8, 4) is 0 Å². The number of H-pyrrole nitrogens is 2. The number of para-hydroxylation sites is 1. The summed E-state index contributed by atoms with van der Waals surface area (Å²) < 4.78 is 0. The van der Waals surface area contributed by atoms with E-state index in [1.54, 1.807) is 13.1 Å². The highest BCUT2D eigenvalue weighted by molar-refractivity contribution is 7.80. The van der Waals surface area contributed by atoms with Crippen LogP contribution in [0.3, 0.4) is 0 Å². The second-order valence-electron chi connectivity index (χ2n) is 9.47. The number of carbonyl (C=O) groups is 4. The van der Waals surface area contributed by atoms with Gasteiger partial charge in [-0.05, 0) is 17.5 Å². The molecule has 5 atom stereocenters. The lowest BCUT2D eigenvalue weighted by molar-refractivity contribution is -0.142. The molecule has 0 spiro atoms. The van der Waals surface area contributed by atoms with E-state index in [1.807, 2.05) is 31.2 Å². The molecule has 8 N–H and O–H groups in total. The number of thiol groups is 1. The fraction of sp³-hybridized carbons (Fsp3) is 0.423. The summed E-state index contributed by atoms with van der Waals surface area (Å²) in [5.41, 5.74) is 7.93. The zero-order valence-electron chi connectivity index (χ0n) is 21.8. The Kier molecular flexibility index (Phi) is 10.5. The van der Waals surface area contributed by atoms with E-state index in [-0.39, 0.29) is 24.5 Å². The number of nitrogens with one attached hydrogen (secondary N) is 5. The first kappa shape index (κ1) is 29.7. The first-order valence-electron chi connectivity index (χ1n) is 12.7. The Morgan fingerprint density at radius 2 is 1.74 bits per heavy atom. The molecule has 12 nitrogen and oxygen atoms in total. The Morgan fingerprint density at radius 1 is 1.03 bits per heavy atom. The number of rotatable bonds is 14. The van der Waals surface area contributed by atoms with Crippen LogP contribution >= 0.6 is 12.6 Å². The number of benzene rings is 1. The Hall–Kier alpha value is -3.84. The van der Waals surface area contributed by atoms with Gasteiger partial charge in [-0.25, -0.2) is 9.78 Å². The van der Waals surface area contributed by atoms with E-state index >= 15 is 0 Å². The monoisotopic (exact) mass is 557 g/mol. The van der Waals surface area contributed by atoms with Crippen molar-refractivity contribution < 1.29 is 24.3 Å². The molecule has 2 heterocycles. The minimum absolute atomic E-state index is 0.0258. The van der Waals surface area contributed by atoms with Crippen molar-refractivity contribution in [2.45, 2.75) is 57.3 Å². The van der Waals surface area contributed by atoms with Crippen LogP contribution in [0.25, 0.3) is 10.9 Å². The molecule has 3 aromatic rings. The number of fused-ring (bicyclic) bond motifs is 1. The SMILES string of the molecule is CCC(C)C(NC(=O)C(N)CS)C(=O)NC(Cc1c[nH]c2ccccc12)C(=O)NC(Cc1cnc[nH]1)C(=O)O. The molecule has 0 bridgehead atoms. The second kappa shape index (κ2) is 13.8. The summed E-state index contributed by atoms with van der Waals surface area (Å²) >= 11 is 4.05. The lowest BCUT2D eigenvalue weighted by Crippen LogP contribution is -2.59. The number of hydrogen-bond acceptors (Lipinski definition) is 7. The second-order valence-corrected chi connectivity index (χ2v) is 9.83. The van der Waals surface area contributed by atoms with E-state index in [0.717, 1.165) is 16.5 Å². The number of nitrogens with zero attached hydrogens (tertiary/aromatic N) is 1. The first-order chi connectivity index (χ1) is 18.6. The van der Waals surface area contributed by atoms with Crippen LogP contribution in [0.5, 0.6) is 0 Å². The molecule has 3 rings (SSSR count). The highest BCUT2D eigenvalue weighted by Gasteiger charge is 2.33. The number of carboxylic acids is 1. The number of carboxylic acid groups (broad SMARTS) is 1. The van der Waals surface area contributed by atoms with Gasteiger partial charge in [0.1, 0.15) is 18.1 Å². The molecule has 3 amide bonds. The van der Waals surface area contributed by atoms with E-state index in [4.69, 9.17) is 5.73 Å². The molecule has 0 fully saturated rings. The summed E-state index contributed by atoms with van der Waals surface area (Å²) in [5.74, 6) is -3.20. The molecule has 0 saturated carbocycles. The Labute approximate surface area is 231 Å². The van der Waals surface area contributed by atoms with Gasteiger partial charge in [0.25, 0.3) is 0 Å². The third-order valence-electron chi connectivity index (χ3n) is 6.65. The van der Waals surface area contributed by atoms with E-state index in [2.05, 4.69) is 43.5 Å². The minimum atomic E-state index is -1.27. The highest BCUT2D eigenvalue weighted by Crippen LogP contribution is 2.20. The lowest BCUT2D eigenvalue weighted by Gasteiger charge is -2.28. The van der Waals surface area contributed by atoms with Gasteiger partial charge in [-0.1, -0.05) is 38.5 Å². The van der Waals surface area contributed by atoms with Crippen molar-refractivity contribution >= 4 is 47.2 Å². The summed E-state index contributed by atoms with van der Waals surface area (Å²) in [7, 11) is 0. The summed E-state index contributed by atoms with van der Waals surface area (Å²) in [6.45, 7) is 3.68. The lowest BCUT2D eigenvalue weighted by atomic mass is 9.96. The molecular formula is C26H35N7O5S. The Morgan fingerprint density at radius 3 is 2.38 bits per heavy atom. The van der Waals surface area contributed by atoms with Gasteiger partial charge in [-0.3, -0.25) is 14.4 Å². The molecule has 1 aromatic carbocycles. The van der Waals surface area contributed by atoms with Crippen molar-refractivity contribution in [2.75, 3.05) is 5.75 Å². The van der Waals surface area contributed by atoms with Gasteiger partial charge in [-0.2, -0.15) is 12.6 Å². The van der Waals surface area contributed by atoms with E-state index in [9.17, 15) is 24.3 Å². The normalized spacial score (nSPS) is 15.1. The standard InChI is InChI=1S/C26H35N7O5S/c1-3-14(2)22(33-23(34)18(27)12-39)25(36)31-20(8-15-10-29-19-7-5-4-6-17(15)19)24(35)32-21(26(37)38)9-16-11-28-13-30-16/h4-7,10-11,13-14,18,20-22,29,39H,3,8-9,12,27H2,1-2H3,(H,28,30)(H,31,36)(H,32,35)(H,33,34)(H,37,38). The molecule has 2 aromatic heterocycles. The summed E-state index contributed by atoms with van der Waals surface area (Å²) in [6.07, 6.45) is 5.26. The maximum Gasteiger partial charge on any atom is 0.326 e. The largest absolute Gasteiger partial charge is 0.480 e. The quantitative estimate of drug-likeness (QED) is 0.132. The number of aromatic amines is 2. The van der Waals surface area contributed by atoms with Gasteiger partial charge < -0.3 is 36.8 Å². The fourth-order valence-corrected chi connectivity index (χ4v) is 4.29.